The Labute approximate surface area is 146 Å². The summed E-state index contributed by atoms with van der Waals surface area (Å²) in [5.41, 5.74) is 3.64. The van der Waals surface area contributed by atoms with E-state index in [9.17, 15) is 0 Å². The number of pyridine rings is 1. The summed E-state index contributed by atoms with van der Waals surface area (Å²) >= 11 is 6.19. The predicted octanol–water partition coefficient (Wildman–Crippen LogP) is 4.87. The summed E-state index contributed by atoms with van der Waals surface area (Å²) in [6.45, 7) is 4.27. The maximum atomic E-state index is 6.19. The summed E-state index contributed by atoms with van der Waals surface area (Å²) in [5, 5.41) is 9.19. The number of fused-ring (bicyclic) bond motifs is 3. The van der Waals surface area contributed by atoms with Gasteiger partial charge < -0.3 is 0 Å². The summed E-state index contributed by atoms with van der Waals surface area (Å²) < 4.78 is 0. The van der Waals surface area contributed by atoms with Gasteiger partial charge in [0.05, 0.1) is 17.6 Å². The van der Waals surface area contributed by atoms with Crippen LogP contribution in [-0.2, 0) is 0 Å². The maximum Gasteiger partial charge on any atom is 0.175 e. The van der Waals surface area contributed by atoms with Crippen LogP contribution in [0, 0.1) is 5.92 Å². The van der Waals surface area contributed by atoms with Crippen LogP contribution in [0.15, 0.2) is 63.2 Å². The second-order valence-corrected chi connectivity index (χ2v) is 6.74. The molecule has 2 aliphatic heterocycles. The van der Waals surface area contributed by atoms with Crippen molar-refractivity contribution in [2.45, 2.75) is 32.9 Å². The highest BCUT2D eigenvalue weighted by atomic mass is 35.5. The fraction of sp³-hybridized carbons (Fsp3) is 0.333. The normalized spacial score (nSPS) is 21.9. The molecule has 0 radical (unpaired) electrons. The minimum atomic E-state index is -0.0524. The maximum absolute atomic E-state index is 6.19. The molecule has 1 atom stereocenters. The van der Waals surface area contributed by atoms with Crippen LogP contribution in [0.5, 0.6) is 0 Å². The van der Waals surface area contributed by atoms with Crippen molar-refractivity contribution >= 4 is 23.0 Å². The third-order valence-corrected chi connectivity index (χ3v) is 4.50. The van der Waals surface area contributed by atoms with E-state index in [1.54, 1.807) is 6.20 Å². The van der Waals surface area contributed by atoms with Crippen LogP contribution in [0.4, 0.5) is 5.69 Å². The van der Waals surface area contributed by atoms with E-state index in [2.05, 4.69) is 57.2 Å². The standard InChI is InChI=1S/C18H18ClN5/c1-11(2)18-23-22-15-10-20-16(12-6-4-3-5-7-12)17-13(24(15)18)8-9-14(19)21-17/h4,6-11,18H,3,5H2,1-2H3. The van der Waals surface area contributed by atoms with Crippen molar-refractivity contribution in [3.05, 3.63) is 58.8 Å². The molecule has 0 aromatic carbocycles. The average molecular weight is 340 g/mol. The van der Waals surface area contributed by atoms with Gasteiger partial charge >= 0.3 is 0 Å². The number of azo groups is 1. The van der Waals surface area contributed by atoms with Gasteiger partial charge in [0.15, 0.2) is 12.0 Å². The zero-order chi connectivity index (χ0) is 16.7. The van der Waals surface area contributed by atoms with Crippen molar-refractivity contribution in [3.63, 3.8) is 0 Å². The molecule has 122 valence electrons. The number of hydrogen-bond acceptors (Lipinski definition) is 5. The van der Waals surface area contributed by atoms with Crippen molar-refractivity contribution < 1.29 is 0 Å². The Morgan fingerprint density at radius 1 is 1.25 bits per heavy atom. The molecule has 6 heteroatoms. The molecule has 0 bridgehead atoms. The zero-order valence-corrected chi connectivity index (χ0v) is 14.4. The van der Waals surface area contributed by atoms with Crippen molar-refractivity contribution in [1.82, 2.24) is 4.98 Å². The molecule has 0 fully saturated rings. The first kappa shape index (κ1) is 15.3. The highest BCUT2D eigenvalue weighted by molar-refractivity contribution is 6.30. The molecule has 1 aromatic rings. The highest BCUT2D eigenvalue weighted by Crippen LogP contribution is 2.37. The lowest BCUT2D eigenvalue weighted by atomic mass is 9.99. The number of nitrogens with zero attached hydrogens (tertiary/aromatic N) is 5. The number of halogens is 1. The molecule has 0 N–H and O–H groups in total. The summed E-state index contributed by atoms with van der Waals surface area (Å²) in [4.78, 5) is 11.4. The lowest BCUT2D eigenvalue weighted by Crippen LogP contribution is -2.33. The van der Waals surface area contributed by atoms with Crippen LogP contribution in [0.3, 0.4) is 0 Å². The number of allylic oxidation sites excluding steroid dienone is 4. The fourth-order valence-corrected chi connectivity index (χ4v) is 3.27. The first-order valence-corrected chi connectivity index (χ1v) is 8.55. The van der Waals surface area contributed by atoms with Crippen molar-refractivity contribution in [3.8, 4) is 0 Å². The topological polar surface area (TPSA) is 53.2 Å². The minimum Gasteiger partial charge on any atom is -0.296 e. The molecule has 0 saturated carbocycles. The van der Waals surface area contributed by atoms with Crippen molar-refractivity contribution in [2.75, 3.05) is 4.90 Å². The van der Waals surface area contributed by atoms with Gasteiger partial charge in [0.1, 0.15) is 10.8 Å². The van der Waals surface area contributed by atoms with E-state index in [1.165, 1.54) is 0 Å². The van der Waals surface area contributed by atoms with Crippen LogP contribution < -0.4 is 4.90 Å². The van der Waals surface area contributed by atoms with E-state index >= 15 is 0 Å². The van der Waals surface area contributed by atoms with Gasteiger partial charge in [-0.1, -0.05) is 43.7 Å². The van der Waals surface area contributed by atoms with Crippen LogP contribution in [0.1, 0.15) is 32.4 Å². The largest absolute Gasteiger partial charge is 0.296 e. The van der Waals surface area contributed by atoms with E-state index in [0.29, 0.717) is 11.1 Å². The predicted molar refractivity (Wildman–Crippen MR) is 96.3 cm³/mol. The highest BCUT2D eigenvalue weighted by Gasteiger charge is 2.34. The molecular formula is C18H18ClN5. The molecule has 1 unspecified atom stereocenters. The number of anilines is 1. The number of aromatic nitrogens is 1. The van der Waals surface area contributed by atoms with E-state index in [1.807, 2.05) is 12.1 Å². The summed E-state index contributed by atoms with van der Waals surface area (Å²) in [5.74, 6) is 1.06. The Kier molecular flexibility index (Phi) is 3.81. The van der Waals surface area contributed by atoms with E-state index < -0.39 is 0 Å². The van der Waals surface area contributed by atoms with Crippen LogP contribution in [0.2, 0.25) is 5.15 Å². The molecule has 3 aliphatic rings. The molecule has 5 nitrogen and oxygen atoms in total. The van der Waals surface area contributed by atoms with Gasteiger partial charge in [0.25, 0.3) is 0 Å². The molecule has 24 heavy (non-hydrogen) atoms. The van der Waals surface area contributed by atoms with E-state index in [-0.39, 0.29) is 6.17 Å². The van der Waals surface area contributed by atoms with Crippen LogP contribution >= 0.6 is 11.6 Å². The Morgan fingerprint density at radius 3 is 2.88 bits per heavy atom. The smallest absolute Gasteiger partial charge is 0.175 e. The number of aliphatic imine (C=N–C) groups is 1. The summed E-state index contributed by atoms with van der Waals surface area (Å²) in [6.07, 6.45) is 10.3. The van der Waals surface area contributed by atoms with Gasteiger partial charge in [-0.15, -0.1) is 5.11 Å². The molecule has 3 heterocycles. The van der Waals surface area contributed by atoms with Crippen molar-refractivity contribution in [1.29, 1.82) is 0 Å². The Morgan fingerprint density at radius 2 is 2.12 bits per heavy atom. The minimum absolute atomic E-state index is 0.0524. The number of hydrogen-bond donors (Lipinski definition) is 0. The quantitative estimate of drug-likeness (QED) is 0.722. The first-order chi connectivity index (χ1) is 11.6. The first-order valence-electron chi connectivity index (χ1n) is 8.17. The second-order valence-electron chi connectivity index (χ2n) is 6.35. The SMILES string of the molecule is CC(C)C1N=NC2=CN=C(C3=CCCC=C3)c3nc(Cl)ccc3N21. The third kappa shape index (κ3) is 2.49. The van der Waals surface area contributed by atoms with Crippen LogP contribution in [0.25, 0.3) is 0 Å². The third-order valence-electron chi connectivity index (χ3n) is 4.29. The average Bonchev–Trinajstić information content (AvgIpc) is 2.94. The molecule has 4 rings (SSSR count). The Bertz CT molecular complexity index is 832. The fourth-order valence-electron chi connectivity index (χ4n) is 3.12. The van der Waals surface area contributed by atoms with Gasteiger partial charge in [0.2, 0.25) is 0 Å². The second kappa shape index (κ2) is 5.98. The molecular weight excluding hydrogens is 322 g/mol. The van der Waals surface area contributed by atoms with Gasteiger partial charge in [-0.25, -0.2) is 9.98 Å². The Balaban J connectivity index is 1.90. The zero-order valence-electron chi connectivity index (χ0n) is 13.6. The van der Waals surface area contributed by atoms with Gasteiger partial charge in [-0.3, -0.25) is 4.90 Å². The lowest BCUT2D eigenvalue weighted by molar-refractivity contribution is 0.505. The van der Waals surface area contributed by atoms with E-state index in [0.717, 1.165) is 41.3 Å². The van der Waals surface area contributed by atoms with Gasteiger partial charge in [-0.05, 0) is 36.5 Å². The monoisotopic (exact) mass is 339 g/mol. The Hall–Kier alpha value is -2.27. The molecule has 0 amide bonds. The molecule has 1 aromatic heterocycles. The van der Waals surface area contributed by atoms with Crippen LogP contribution in [-0.4, -0.2) is 16.9 Å². The molecule has 1 aliphatic carbocycles. The number of rotatable bonds is 2. The van der Waals surface area contributed by atoms with Gasteiger partial charge in [-0.2, -0.15) is 5.11 Å². The van der Waals surface area contributed by atoms with E-state index in [4.69, 9.17) is 11.6 Å². The summed E-state index contributed by atoms with van der Waals surface area (Å²) in [6, 6.07) is 3.79. The summed E-state index contributed by atoms with van der Waals surface area (Å²) in [7, 11) is 0. The molecule has 0 saturated heterocycles. The molecule has 0 spiro atoms. The van der Waals surface area contributed by atoms with Gasteiger partial charge in [0, 0.05) is 0 Å². The van der Waals surface area contributed by atoms with Crippen molar-refractivity contribution in [2.24, 2.45) is 21.1 Å². The lowest BCUT2D eigenvalue weighted by Gasteiger charge is -2.27.